The lowest BCUT2D eigenvalue weighted by molar-refractivity contribution is -0.150. The summed E-state index contributed by atoms with van der Waals surface area (Å²) in [4.78, 5) is 23.8. The van der Waals surface area contributed by atoms with Gasteiger partial charge in [0.15, 0.2) is 13.2 Å². The first-order chi connectivity index (χ1) is 15.1. The summed E-state index contributed by atoms with van der Waals surface area (Å²) >= 11 is 0. The molecule has 160 valence electrons. The maximum absolute atomic E-state index is 12.9. The zero-order valence-corrected chi connectivity index (χ0v) is 17.1. The molecule has 1 N–H and O–H groups in total. The Morgan fingerprint density at radius 1 is 0.806 bits per heavy atom. The lowest BCUT2D eigenvalue weighted by Crippen LogP contribution is -2.31. The normalized spacial score (nSPS) is 10.4. The second kappa shape index (κ2) is 11.5. The smallest absolute Gasteiger partial charge is 0.344 e. The van der Waals surface area contributed by atoms with Gasteiger partial charge in [0.05, 0.1) is 0 Å². The zero-order valence-electron chi connectivity index (χ0n) is 17.1. The number of ether oxygens (including phenoxy) is 2. The molecule has 0 aromatic heterocycles. The van der Waals surface area contributed by atoms with Crippen LogP contribution in [0.15, 0.2) is 78.9 Å². The lowest BCUT2D eigenvalue weighted by atomic mass is 10.0. The number of amides is 1. The standard InChI is InChI=1S/C25H24FNO4/c26-22-12-10-19(11-13-22)14-15-27-24(28)17-31-25(29)18-30-23-9-5-4-8-21(23)16-20-6-2-1-3-7-20/h1-13H,14-18H2,(H,27,28). The van der Waals surface area contributed by atoms with Crippen molar-refractivity contribution in [1.82, 2.24) is 5.32 Å². The summed E-state index contributed by atoms with van der Waals surface area (Å²) in [5, 5.41) is 2.66. The van der Waals surface area contributed by atoms with Crippen molar-refractivity contribution in [3.63, 3.8) is 0 Å². The Kier molecular flexibility index (Phi) is 8.17. The summed E-state index contributed by atoms with van der Waals surface area (Å²) in [7, 11) is 0. The van der Waals surface area contributed by atoms with E-state index in [9.17, 15) is 14.0 Å². The van der Waals surface area contributed by atoms with Crippen molar-refractivity contribution in [2.75, 3.05) is 19.8 Å². The predicted octanol–water partition coefficient (Wildman–Crippen LogP) is 3.70. The summed E-state index contributed by atoms with van der Waals surface area (Å²) < 4.78 is 23.5. The van der Waals surface area contributed by atoms with Gasteiger partial charge in [-0.15, -0.1) is 0 Å². The molecule has 0 aliphatic carbocycles. The van der Waals surface area contributed by atoms with E-state index in [1.807, 2.05) is 48.5 Å². The first-order valence-electron chi connectivity index (χ1n) is 10.0. The van der Waals surface area contributed by atoms with Crippen molar-refractivity contribution in [3.8, 4) is 5.75 Å². The molecule has 0 unspecified atom stereocenters. The van der Waals surface area contributed by atoms with Crippen molar-refractivity contribution < 1.29 is 23.5 Å². The molecule has 3 aromatic rings. The van der Waals surface area contributed by atoms with E-state index in [2.05, 4.69) is 5.32 Å². The van der Waals surface area contributed by atoms with Crippen LogP contribution in [-0.4, -0.2) is 31.6 Å². The van der Waals surface area contributed by atoms with Crippen LogP contribution < -0.4 is 10.1 Å². The molecule has 0 fully saturated rings. The van der Waals surface area contributed by atoms with Crippen molar-refractivity contribution in [2.45, 2.75) is 12.8 Å². The number of rotatable bonds is 10. The summed E-state index contributed by atoms with van der Waals surface area (Å²) in [6.45, 7) is -0.294. The second-order valence-electron chi connectivity index (χ2n) is 6.95. The van der Waals surface area contributed by atoms with Gasteiger partial charge in [-0.2, -0.15) is 0 Å². The average molecular weight is 421 g/mol. The molecule has 0 spiro atoms. The maximum atomic E-state index is 12.9. The quantitative estimate of drug-likeness (QED) is 0.507. The summed E-state index contributed by atoms with van der Waals surface area (Å²) in [5.41, 5.74) is 3.00. The van der Waals surface area contributed by atoms with Crippen LogP contribution in [0, 0.1) is 5.82 Å². The predicted molar refractivity (Wildman–Crippen MR) is 115 cm³/mol. The Bertz CT molecular complexity index is 990. The van der Waals surface area contributed by atoms with Gasteiger partial charge in [0.1, 0.15) is 11.6 Å². The van der Waals surface area contributed by atoms with Gasteiger partial charge in [0, 0.05) is 13.0 Å². The van der Waals surface area contributed by atoms with E-state index in [0.29, 0.717) is 25.1 Å². The highest BCUT2D eigenvalue weighted by Gasteiger charge is 2.10. The number of halogens is 1. The largest absolute Gasteiger partial charge is 0.482 e. The minimum atomic E-state index is -0.622. The monoisotopic (exact) mass is 421 g/mol. The third kappa shape index (κ3) is 7.59. The summed E-state index contributed by atoms with van der Waals surface area (Å²) in [6, 6.07) is 23.5. The number of benzene rings is 3. The first kappa shape index (κ1) is 22.0. The van der Waals surface area contributed by atoms with Gasteiger partial charge < -0.3 is 14.8 Å². The number of para-hydroxylation sites is 1. The van der Waals surface area contributed by atoms with E-state index < -0.39 is 11.9 Å². The molecule has 0 saturated carbocycles. The number of hydrogen-bond acceptors (Lipinski definition) is 4. The molecule has 5 nitrogen and oxygen atoms in total. The Hall–Kier alpha value is -3.67. The zero-order chi connectivity index (χ0) is 21.9. The molecule has 0 radical (unpaired) electrons. The number of esters is 1. The molecule has 1 amide bonds. The Morgan fingerprint density at radius 3 is 2.29 bits per heavy atom. The van der Waals surface area contributed by atoms with Crippen LogP contribution in [0.2, 0.25) is 0 Å². The molecule has 0 aliphatic rings. The fourth-order valence-electron chi connectivity index (χ4n) is 2.98. The highest BCUT2D eigenvalue weighted by Crippen LogP contribution is 2.21. The van der Waals surface area contributed by atoms with Crippen molar-refractivity contribution in [2.24, 2.45) is 0 Å². The highest BCUT2D eigenvalue weighted by atomic mass is 19.1. The van der Waals surface area contributed by atoms with Gasteiger partial charge in [-0.3, -0.25) is 4.79 Å². The number of nitrogens with one attached hydrogen (secondary N) is 1. The van der Waals surface area contributed by atoms with Crippen LogP contribution in [0.4, 0.5) is 4.39 Å². The number of carbonyl (C=O) groups excluding carboxylic acids is 2. The maximum Gasteiger partial charge on any atom is 0.344 e. The van der Waals surface area contributed by atoms with E-state index in [0.717, 1.165) is 16.7 Å². The molecule has 0 aliphatic heterocycles. The third-order valence-corrected chi connectivity index (χ3v) is 4.57. The third-order valence-electron chi connectivity index (χ3n) is 4.57. The van der Waals surface area contributed by atoms with Crippen LogP contribution in [0.25, 0.3) is 0 Å². The summed E-state index contributed by atoms with van der Waals surface area (Å²) in [6.07, 6.45) is 1.24. The Morgan fingerprint density at radius 2 is 1.52 bits per heavy atom. The van der Waals surface area contributed by atoms with Gasteiger partial charge in [0.2, 0.25) is 0 Å². The van der Waals surface area contributed by atoms with E-state index in [1.54, 1.807) is 18.2 Å². The molecule has 3 rings (SSSR count). The van der Waals surface area contributed by atoms with Crippen LogP contribution in [0.3, 0.4) is 0 Å². The van der Waals surface area contributed by atoms with Crippen molar-refractivity contribution >= 4 is 11.9 Å². The molecule has 3 aromatic carbocycles. The Balaban J connectivity index is 1.38. The second-order valence-corrected chi connectivity index (χ2v) is 6.95. The highest BCUT2D eigenvalue weighted by molar-refractivity contribution is 5.80. The summed E-state index contributed by atoms with van der Waals surface area (Å²) in [5.74, 6) is -0.722. The fourth-order valence-corrected chi connectivity index (χ4v) is 2.98. The van der Waals surface area contributed by atoms with Crippen molar-refractivity contribution in [1.29, 1.82) is 0 Å². The molecule has 0 heterocycles. The minimum Gasteiger partial charge on any atom is -0.482 e. The molecule has 0 saturated heterocycles. The van der Waals surface area contributed by atoms with Gasteiger partial charge in [-0.25, -0.2) is 9.18 Å². The lowest BCUT2D eigenvalue weighted by Gasteiger charge is -2.11. The molecular weight excluding hydrogens is 397 g/mol. The van der Waals surface area contributed by atoms with Crippen LogP contribution in [0.5, 0.6) is 5.75 Å². The molecular formula is C25H24FNO4. The first-order valence-corrected chi connectivity index (χ1v) is 10.0. The molecule has 31 heavy (non-hydrogen) atoms. The average Bonchev–Trinajstić information content (AvgIpc) is 2.79. The van der Waals surface area contributed by atoms with E-state index in [1.165, 1.54) is 12.1 Å². The number of hydrogen-bond donors (Lipinski definition) is 1. The van der Waals surface area contributed by atoms with E-state index in [-0.39, 0.29) is 19.0 Å². The minimum absolute atomic E-state index is 0.283. The van der Waals surface area contributed by atoms with Crippen molar-refractivity contribution in [3.05, 3.63) is 101 Å². The SMILES string of the molecule is O=C(COC(=O)COc1ccccc1Cc1ccccc1)NCCc1ccc(F)cc1. The topological polar surface area (TPSA) is 64.6 Å². The van der Waals surface area contributed by atoms with Gasteiger partial charge >= 0.3 is 5.97 Å². The molecule has 6 heteroatoms. The Labute approximate surface area is 180 Å². The van der Waals surface area contributed by atoms with Gasteiger partial charge in [-0.1, -0.05) is 60.7 Å². The molecule has 0 bridgehead atoms. The van der Waals surface area contributed by atoms with E-state index >= 15 is 0 Å². The van der Waals surface area contributed by atoms with Gasteiger partial charge in [-0.05, 0) is 41.3 Å². The fraction of sp³-hybridized carbons (Fsp3) is 0.200. The number of carbonyl (C=O) groups is 2. The van der Waals surface area contributed by atoms with Crippen LogP contribution in [-0.2, 0) is 27.2 Å². The van der Waals surface area contributed by atoms with Crippen LogP contribution >= 0.6 is 0 Å². The van der Waals surface area contributed by atoms with Crippen LogP contribution in [0.1, 0.15) is 16.7 Å². The van der Waals surface area contributed by atoms with Gasteiger partial charge in [0.25, 0.3) is 5.91 Å². The van der Waals surface area contributed by atoms with E-state index in [4.69, 9.17) is 9.47 Å². The molecule has 0 atom stereocenters.